The van der Waals surface area contributed by atoms with Crippen LogP contribution in [0.25, 0.3) is 0 Å². The Hall–Kier alpha value is -1.80. The third kappa shape index (κ3) is 7.85. The molecule has 0 spiro atoms. The molecule has 0 amide bonds. The van der Waals surface area contributed by atoms with E-state index in [-0.39, 0.29) is 24.0 Å². The quantitative estimate of drug-likeness (QED) is 0.252. The smallest absolute Gasteiger partial charge is 0.193 e. The number of nitrogens with zero attached hydrogens (tertiary/aromatic N) is 2. The Morgan fingerprint density at radius 3 is 2.76 bits per heavy atom. The fourth-order valence-corrected chi connectivity index (χ4v) is 3.45. The van der Waals surface area contributed by atoms with Crippen molar-refractivity contribution < 1.29 is 9.47 Å². The van der Waals surface area contributed by atoms with Crippen molar-refractivity contribution in [3.05, 3.63) is 65.7 Å². The van der Waals surface area contributed by atoms with Crippen molar-refractivity contribution in [3.63, 3.8) is 0 Å². The van der Waals surface area contributed by atoms with Crippen LogP contribution in [0.1, 0.15) is 17.5 Å². The minimum atomic E-state index is 0. The Morgan fingerprint density at radius 2 is 2.00 bits per heavy atom. The Kier molecular flexibility index (Phi) is 10.3. The first-order chi connectivity index (χ1) is 13.7. The topological polar surface area (TPSA) is 46.1 Å². The zero-order valence-electron chi connectivity index (χ0n) is 17.3. The molecule has 6 heteroatoms. The first kappa shape index (κ1) is 23.5. The Labute approximate surface area is 191 Å². The van der Waals surface area contributed by atoms with Crippen molar-refractivity contribution in [1.82, 2.24) is 10.2 Å². The van der Waals surface area contributed by atoms with Gasteiger partial charge in [0.2, 0.25) is 0 Å². The van der Waals surface area contributed by atoms with E-state index in [1.165, 1.54) is 11.1 Å². The third-order valence-corrected chi connectivity index (χ3v) is 4.91. The molecule has 0 aliphatic carbocycles. The van der Waals surface area contributed by atoms with Gasteiger partial charge >= 0.3 is 0 Å². The number of rotatable bonds is 8. The van der Waals surface area contributed by atoms with Crippen LogP contribution in [0, 0.1) is 12.8 Å². The highest BCUT2D eigenvalue weighted by molar-refractivity contribution is 14.0. The van der Waals surface area contributed by atoms with E-state index in [1.54, 1.807) is 0 Å². The van der Waals surface area contributed by atoms with Crippen LogP contribution in [0.3, 0.4) is 0 Å². The molecule has 1 atom stereocenters. The van der Waals surface area contributed by atoms with Crippen LogP contribution in [0.5, 0.6) is 5.75 Å². The van der Waals surface area contributed by atoms with E-state index in [0.29, 0.717) is 19.1 Å². The van der Waals surface area contributed by atoms with Crippen molar-refractivity contribution in [2.75, 3.05) is 39.9 Å². The molecule has 158 valence electrons. The molecule has 1 aliphatic rings. The van der Waals surface area contributed by atoms with E-state index in [0.717, 1.165) is 44.4 Å². The molecular formula is C23H32IN3O2. The Morgan fingerprint density at radius 1 is 1.17 bits per heavy atom. The van der Waals surface area contributed by atoms with Gasteiger partial charge in [0.1, 0.15) is 12.4 Å². The molecule has 1 N–H and O–H groups in total. The van der Waals surface area contributed by atoms with Crippen molar-refractivity contribution in [2.24, 2.45) is 10.9 Å². The molecule has 2 aromatic carbocycles. The lowest BCUT2D eigenvalue weighted by atomic mass is 10.1. The fraction of sp³-hybridized carbons (Fsp3) is 0.435. The lowest BCUT2D eigenvalue weighted by molar-refractivity contribution is 0.0906. The minimum Gasteiger partial charge on any atom is -0.492 e. The Bertz CT molecular complexity index is 755. The zero-order chi connectivity index (χ0) is 19.6. The van der Waals surface area contributed by atoms with Gasteiger partial charge in [-0.05, 0) is 36.6 Å². The van der Waals surface area contributed by atoms with Gasteiger partial charge in [-0.2, -0.15) is 0 Å². The second-order valence-corrected chi connectivity index (χ2v) is 7.24. The van der Waals surface area contributed by atoms with E-state index < -0.39 is 0 Å². The van der Waals surface area contributed by atoms with Crippen molar-refractivity contribution in [2.45, 2.75) is 20.0 Å². The van der Waals surface area contributed by atoms with Gasteiger partial charge < -0.3 is 19.7 Å². The zero-order valence-corrected chi connectivity index (χ0v) is 19.7. The molecule has 0 radical (unpaired) electrons. The SMILES string of the molecule is CN=C(NCCOc1cccc(C)c1)N1CCC(COCc2ccccc2)C1.I. The molecule has 0 saturated carbocycles. The number of nitrogens with one attached hydrogen (secondary N) is 1. The summed E-state index contributed by atoms with van der Waals surface area (Å²) >= 11 is 0. The third-order valence-electron chi connectivity index (χ3n) is 4.91. The summed E-state index contributed by atoms with van der Waals surface area (Å²) in [6.45, 7) is 6.87. The second-order valence-electron chi connectivity index (χ2n) is 7.24. The van der Waals surface area contributed by atoms with Gasteiger partial charge in [0.15, 0.2) is 5.96 Å². The summed E-state index contributed by atoms with van der Waals surface area (Å²) in [5, 5.41) is 3.41. The first-order valence-electron chi connectivity index (χ1n) is 10.0. The number of hydrogen-bond acceptors (Lipinski definition) is 3. The summed E-state index contributed by atoms with van der Waals surface area (Å²) in [5.41, 5.74) is 2.43. The normalized spacial score (nSPS) is 16.4. The molecule has 1 unspecified atom stereocenters. The predicted molar refractivity (Wildman–Crippen MR) is 129 cm³/mol. The average Bonchev–Trinajstić information content (AvgIpc) is 3.17. The number of benzene rings is 2. The van der Waals surface area contributed by atoms with Crippen LogP contribution >= 0.6 is 24.0 Å². The van der Waals surface area contributed by atoms with Crippen LogP contribution in [0.4, 0.5) is 0 Å². The molecule has 2 aromatic rings. The molecule has 0 bridgehead atoms. The molecule has 1 saturated heterocycles. The number of guanidine groups is 1. The van der Waals surface area contributed by atoms with E-state index in [1.807, 2.05) is 37.4 Å². The summed E-state index contributed by atoms with van der Waals surface area (Å²) in [6, 6.07) is 18.5. The van der Waals surface area contributed by atoms with Gasteiger partial charge in [-0.1, -0.05) is 42.5 Å². The van der Waals surface area contributed by atoms with Crippen LogP contribution in [-0.4, -0.2) is 50.8 Å². The van der Waals surface area contributed by atoms with Gasteiger partial charge in [0, 0.05) is 26.1 Å². The van der Waals surface area contributed by atoms with Gasteiger partial charge in [-0.3, -0.25) is 4.99 Å². The van der Waals surface area contributed by atoms with Gasteiger partial charge in [-0.15, -0.1) is 24.0 Å². The van der Waals surface area contributed by atoms with Crippen LogP contribution < -0.4 is 10.1 Å². The summed E-state index contributed by atoms with van der Waals surface area (Å²) in [5.74, 6) is 2.40. The molecule has 1 heterocycles. The van der Waals surface area contributed by atoms with E-state index in [4.69, 9.17) is 9.47 Å². The highest BCUT2D eigenvalue weighted by Crippen LogP contribution is 2.17. The first-order valence-corrected chi connectivity index (χ1v) is 10.0. The highest BCUT2D eigenvalue weighted by atomic mass is 127. The molecule has 0 aromatic heterocycles. The van der Waals surface area contributed by atoms with Crippen molar-refractivity contribution in [1.29, 1.82) is 0 Å². The fourth-order valence-electron chi connectivity index (χ4n) is 3.45. The van der Waals surface area contributed by atoms with Crippen molar-refractivity contribution in [3.8, 4) is 5.75 Å². The predicted octanol–water partition coefficient (Wildman–Crippen LogP) is 4.11. The maximum atomic E-state index is 5.92. The molecular weight excluding hydrogens is 477 g/mol. The summed E-state index contributed by atoms with van der Waals surface area (Å²) in [6.07, 6.45) is 1.13. The summed E-state index contributed by atoms with van der Waals surface area (Å²) < 4.78 is 11.7. The minimum absolute atomic E-state index is 0. The number of aryl methyl sites for hydroxylation is 1. The standard InChI is InChI=1S/C23H31N3O2.HI/c1-19-7-6-10-22(15-19)28-14-12-25-23(24-2)26-13-11-21(16-26)18-27-17-20-8-4-3-5-9-20;/h3-10,15,21H,11-14,16-18H2,1-2H3,(H,24,25);1H. The van der Waals surface area contributed by atoms with Crippen LogP contribution in [0.15, 0.2) is 59.6 Å². The number of ether oxygens (including phenoxy) is 2. The lowest BCUT2D eigenvalue weighted by Crippen LogP contribution is -2.41. The lowest BCUT2D eigenvalue weighted by Gasteiger charge is -2.22. The largest absolute Gasteiger partial charge is 0.492 e. The molecule has 5 nitrogen and oxygen atoms in total. The monoisotopic (exact) mass is 509 g/mol. The maximum Gasteiger partial charge on any atom is 0.193 e. The number of hydrogen-bond donors (Lipinski definition) is 1. The number of halogens is 1. The summed E-state index contributed by atoms with van der Waals surface area (Å²) in [7, 11) is 1.84. The van der Waals surface area contributed by atoms with Crippen LogP contribution in [-0.2, 0) is 11.3 Å². The van der Waals surface area contributed by atoms with E-state index in [9.17, 15) is 0 Å². The molecule has 3 rings (SSSR count). The van der Waals surface area contributed by atoms with Gasteiger partial charge in [-0.25, -0.2) is 0 Å². The second kappa shape index (κ2) is 12.7. The van der Waals surface area contributed by atoms with E-state index >= 15 is 0 Å². The molecule has 1 aliphatic heterocycles. The van der Waals surface area contributed by atoms with Gasteiger partial charge in [0.25, 0.3) is 0 Å². The molecule has 29 heavy (non-hydrogen) atoms. The number of aliphatic imine (C=N–C) groups is 1. The average molecular weight is 509 g/mol. The highest BCUT2D eigenvalue weighted by Gasteiger charge is 2.24. The van der Waals surface area contributed by atoms with Gasteiger partial charge in [0.05, 0.1) is 19.8 Å². The van der Waals surface area contributed by atoms with Crippen molar-refractivity contribution >= 4 is 29.9 Å². The number of likely N-dealkylation sites (tertiary alicyclic amines) is 1. The summed E-state index contributed by atoms with van der Waals surface area (Å²) in [4.78, 5) is 6.73. The van der Waals surface area contributed by atoms with E-state index in [2.05, 4.69) is 46.4 Å². The maximum absolute atomic E-state index is 5.92. The van der Waals surface area contributed by atoms with Crippen LogP contribution in [0.2, 0.25) is 0 Å². The molecule has 1 fully saturated rings. The Balaban J connectivity index is 0.00000300.